The Morgan fingerprint density at radius 3 is 1.73 bits per heavy atom. The van der Waals surface area contributed by atoms with Gasteiger partial charge in [0.05, 0.1) is 20.5 Å². The van der Waals surface area contributed by atoms with Gasteiger partial charge in [0, 0.05) is 0 Å². The summed E-state index contributed by atoms with van der Waals surface area (Å²) in [5.74, 6) is -2.32. The first kappa shape index (κ1) is 13.4. The molecule has 0 saturated heterocycles. The van der Waals surface area contributed by atoms with E-state index in [4.69, 9.17) is 0 Å². The summed E-state index contributed by atoms with van der Waals surface area (Å²) in [5.41, 5.74) is -0.898. The van der Waals surface area contributed by atoms with E-state index in [-0.39, 0.29) is 0 Å². The third-order valence-corrected chi connectivity index (χ3v) is 1.37. The zero-order valence-corrected chi connectivity index (χ0v) is 9.03. The van der Waals surface area contributed by atoms with E-state index in [0.29, 0.717) is 6.26 Å². The van der Waals surface area contributed by atoms with Crippen molar-refractivity contribution in [3.8, 4) is 0 Å². The molecule has 15 heavy (non-hydrogen) atoms. The molecule has 0 amide bonds. The highest BCUT2D eigenvalue weighted by atomic mass is 32.2. The van der Waals surface area contributed by atoms with Crippen LogP contribution in [-0.2, 0) is 33.5 Å². The van der Waals surface area contributed by atoms with Crippen LogP contribution in [0.25, 0.3) is 0 Å². The molecule has 0 unspecified atom stereocenters. The van der Waals surface area contributed by atoms with E-state index >= 15 is 0 Å². The highest BCUT2D eigenvalue weighted by Gasteiger charge is 2.24. The van der Waals surface area contributed by atoms with Gasteiger partial charge in [-0.2, -0.15) is 8.42 Å². The quantitative estimate of drug-likeness (QED) is 0.258. The Morgan fingerprint density at radius 2 is 1.47 bits per heavy atom. The van der Waals surface area contributed by atoms with Crippen molar-refractivity contribution in [3.05, 3.63) is 0 Å². The first-order valence-corrected chi connectivity index (χ1v) is 5.26. The Kier molecular flexibility index (Phi) is 4.71. The van der Waals surface area contributed by atoms with Gasteiger partial charge in [-0.3, -0.25) is 4.28 Å². The van der Waals surface area contributed by atoms with Gasteiger partial charge >= 0.3 is 22.1 Å². The lowest BCUT2D eigenvalue weighted by Gasteiger charge is -2.01. The van der Waals surface area contributed by atoms with Crippen LogP contribution in [0.3, 0.4) is 0 Å². The molecule has 0 N–H and O–H groups in total. The highest BCUT2D eigenvalue weighted by Crippen LogP contribution is 1.93. The Balaban J connectivity index is 4.95. The van der Waals surface area contributed by atoms with Crippen LogP contribution in [0.2, 0.25) is 0 Å². The van der Waals surface area contributed by atoms with E-state index < -0.39 is 27.8 Å². The molecule has 0 radical (unpaired) electrons. The molecule has 0 aliphatic heterocycles. The number of nitrogens with zero attached hydrogens (tertiary/aromatic N) is 1. The maximum absolute atomic E-state index is 10.9. The van der Waals surface area contributed by atoms with E-state index in [9.17, 15) is 18.0 Å². The molecule has 0 heterocycles. The third-order valence-electron chi connectivity index (χ3n) is 1.02. The number of oxime groups is 1. The number of hydrogen-bond acceptors (Lipinski definition) is 8. The Hall–Kier alpha value is -1.64. The summed E-state index contributed by atoms with van der Waals surface area (Å²) < 4.78 is 33.3. The third kappa shape index (κ3) is 4.96. The minimum atomic E-state index is -3.91. The number of hydrogen-bond donors (Lipinski definition) is 0. The molecule has 0 rings (SSSR count). The van der Waals surface area contributed by atoms with Gasteiger partial charge in [0.25, 0.3) is 5.71 Å². The van der Waals surface area contributed by atoms with Crippen LogP contribution >= 0.6 is 0 Å². The number of methoxy groups -OCH3 is 2. The molecule has 0 fully saturated rings. The van der Waals surface area contributed by atoms with Crippen LogP contribution in [0.4, 0.5) is 0 Å². The lowest BCUT2D eigenvalue weighted by Crippen LogP contribution is -2.27. The second-order valence-corrected chi connectivity index (χ2v) is 3.76. The minimum absolute atomic E-state index is 0.697. The molecule has 0 aromatic heterocycles. The van der Waals surface area contributed by atoms with Crippen molar-refractivity contribution in [1.29, 1.82) is 0 Å². The fourth-order valence-electron chi connectivity index (χ4n) is 0.456. The van der Waals surface area contributed by atoms with E-state index in [1.165, 1.54) is 0 Å². The molecule has 86 valence electrons. The summed E-state index contributed by atoms with van der Waals surface area (Å²) in [7, 11) is -1.93. The molecule has 9 heteroatoms. The average molecular weight is 239 g/mol. The number of ether oxygens (including phenoxy) is 2. The first-order chi connectivity index (χ1) is 6.81. The summed E-state index contributed by atoms with van der Waals surface area (Å²) in [5, 5.41) is 2.82. The lowest BCUT2D eigenvalue weighted by atomic mass is 10.4. The SMILES string of the molecule is COC(=O)C(=NOS(C)(=O)=O)C(=O)OC. The molecule has 8 nitrogen and oxygen atoms in total. The first-order valence-electron chi connectivity index (χ1n) is 3.45. The van der Waals surface area contributed by atoms with Crippen molar-refractivity contribution in [1.82, 2.24) is 0 Å². The maximum atomic E-state index is 10.9. The zero-order chi connectivity index (χ0) is 12.1. The molecule has 0 bridgehead atoms. The lowest BCUT2D eigenvalue weighted by molar-refractivity contribution is -0.138. The fourth-order valence-corrected chi connectivity index (χ4v) is 0.666. The summed E-state index contributed by atoms with van der Waals surface area (Å²) in [4.78, 5) is 21.8. The minimum Gasteiger partial charge on any atom is -0.464 e. The van der Waals surface area contributed by atoms with Crippen molar-refractivity contribution in [2.75, 3.05) is 20.5 Å². The van der Waals surface area contributed by atoms with Gasteiger partial charge in [0.2, 0.25) is 0 Å². The van der Waals surface area contributed by atoms with Crippen molar-refractivity contribution >= 4 is 27.8 Å². The largest absolute Gasteiger partial charge is 0.464 e. The van der Waals surface area contributed by atoms with Crippen LogP contribution in [-0.4, -0.2) is 46.5 Å². The van der Waals surface area contributed by atoms with Gasteiger partial charge in [0.15, 0.2) is 0 Å². The number of carbonyl (C=O) groups is 2. The summed E-state index contributed by atoms with van der Waals surface area (Å²) in [6, 6.07) is 0. The predicted molar refractivity (Wildman–Crippen MR) is 47.4 cm³/mol. The van der Waals surface area contributed by atoms with Crippen molar-refractivity contribution < 1.29 is 31.8 Å². The van der Waals surface area contributed by atoms with Crippen molar-refractivity contribution in [3.63, 3.8) is 0 Å². The van der Waals surface area contributed by atoms with Crippen LogP contribution in [0.5, 0.6) is 0 Å². The molecule has 0 aromatic rings. The smallest absolute Gasteiger partial charge is 0.367 e. The molecular formula is C6H9NO7S. The number of carbonyl (C=O) groups excluding carboxylic acids is 2. The van der Waals surface area contributed by atoms with E-state index in [1.807, 2.05) is 0 Å². The van der Waals surface area contributed by atoms with Crippen molar-refractivity contribution in [2.24, 2.45) is 5.16 Å². The zero-order valence-electron chi connectivity index (χ0n) is 8.21. The van der Waals surface area contributed by atoms with Gasteiger partial charge in [-0.05, 0) is 5.16 Å². The van der Waals surface area contributed by atoms with E-state index in [0.717, 1.165) is 14.2 Å². The second kappa shape index (κ2) is 5.29. The van der Waals surface area contributed by atoms with Crippen LogP contribution in [0.1, 0.15) is 0 Å². The van der Waals surface area contributed by atoms with Crippen LogP contribution in [0.15, 0.2) is 5.16 Å². The molecular weight excluding hydrogens is 230 g/mol. The predicted octanol–water partition coefficient (Wildman–Crippen LogP) is -1.34. The normalized spacial score (nSPS) is 10.1. The Bertz CT molecular complexity index is 364. The highest BCUT2D eigenvalue weighted by molar-refractivity contribution is 7.85. The molecule has 0 aliphatic rings. The van der Waals surface area contributed by atoms with Gasteiger partial charge in [-0.25, -0.2) is 9.59 Å². The summed E-state index contributed by atoms with van der Waals surface area (Å²) >= 11 is 0. The van der Waals surface area contributed by atoms with Crippen LogP contribution < -0.4 is 0 Å². The molecule has 0 aromatic carbocycles. The van der Waals surface area contributed by atoms with Gasteiger partial charge < -0.3 is 9.47 Å². The second-order valence-electron chi connectivity index (χ2n) is 2.20. The number of esters is 2. The summed E-state index contributed by atoms with van der Waals surface area (Å²) in [6.45, 7) is 0. The fraction of sp³-hybridized carbons (Fsp3) is 0.500. The maximum Gasteiger partial charge on any atom is 0.367 e. The van der Waals surface area contributed by atoms with Gasteiger partial charge in [0.1, 0.15) is 0 Å². The molecule has 0 saturated carbocycles. The van der Waals surface area contributed by atoms with Crippen molar-refractivity contribution in [2.45, 2.75) is 0 Å². The molecule has 0 spiro atoms. The van der Waals surface area contributed by atoms with Gasteiger partial charge in [-0.15, -0.1) is 0 Å². The standard InChI is InChI=1S/C6H9NO7S/c1-12-5(8)4(6(9)13-2)7-14-15(3,10)11/h1-3H3. The van der Waals surface area contributed by atoms with E-state index in [2.05, 4.69) is 18.9 Å². The monoisotopic (exact) mass is 239 g/mol. The number of rotatable bonds is 4. The van der Waals surface area contributed by atoms with Crippen LogP contribution in [0, 0.1) is 0 Å². The van der Waals surface area contributed by atoms with E-state index in [1.54, 1.807) is 0 Å². The average Bonchev–Trinajstić information content (AvgIpc) is 2.15. The Morgan fingerprint density at radius 1 is 1.07 bits per heavy atom. The summed E-state index contributed by atoms with van der Waals surface area (Å²) in [6.07, 6.45) is 0.697. The molecule has 0 atom stereocenters. The molecule has 0 aliphatic carbocycles. The topological polar surface area (TPSA) is 108 Å². The Labute approximate surface area is 85.9 Å². The van der Waals surface area contributed by atoms with Gasteiger partial charge in [-0.1, -0.05) is 0 Å².